The van der Waals surface area contributed by atoms with Crippen molar-refractivity contribution in [2.45, 2.75) is 32.2 Å². The summed E-state index contributed by atoms with van der Waals surface area (Å²) in [5, 5.41) is 8.27. The molecule has 1 saturated heterocycles. The molecule has 4 heterocycles. The van der Waals surface area contributed by atoms with Crippen molar-refractivity contribution < 1.29 is 4.79 Å². The van der Waals surface area contributed by atoms with E-state index in [0.29, 0.717) is 13.1 Å². The fraction of sp³-hybridized carbons (Fsp3) is 0.438. The first-order chi connectivity index (χ1) is 12.2. The summed E-state index contributed by atoms with van der Waals surface area (Å²) in [6.45, 7) is 3.81. The van der Waals surface area contributed by atoms with Gasteiger partial charge in [0.15, 0.2) is 0 Å². The van der Waals surface area contributed by atoms with E-state index in [1.54, 1.807) is 17.0 Å². The quantitative estimate of drug-likeness (QED) is 0.774. The number of carbonyl (C=O) groups excluding carboxylic acids is 1. The maximum Gasteiger partial charge on any atom is 0.317 e. The highest BCUT2D eigenvalue weighted by molar-refractivity contribution is 7.16. The molecule has 25 heavy (non-hydrogen) atoms. The first-order valence-electron chi connectivity index (χ1n) is 8.29. The van der Waals surface area contributed by atoms with Crippen LogP contribution in [0.4, 0.5) is 4.79 Å². The Morgan fingerprint density at radius 2 is 2.40 bits per heavy atom. The van der Waals surface area contributed by atoms with E-state index in [-0.39, 0.29) is 11.9 Å². The zero-order valence-electron chi connectivity index (χ0n) is 13.9. The number of aryl methyl sites for hydroxylation is 1. The Kier molecular flexibility index (Phi) is 4.31. The molecule has 0 unspecified atom stereocenters. The molecule has 3 aromatic heterocycles. The molecule has 1 aliphatic heterocycles. The summed E-state index contributed by atoms with van der Waals surface area (Å²) in [6.07, 6.45) is 7.20. The Balaban J connectivity index is 1.36. The Bertz CT molecular complexity index is 844. The van der Waals surface area contributed by atoms with Crippen molar-refractivity contribution in [1.29, 1.82) is 0 Å². The minimum Gasteiger partial charge on any atom is -0.332 e. The van der Waals surface area contributed by atoms with Gasteiger partial charge in [0.25, 0.3) is 0 Å². The van der Waals surface area contributed by atoms with Gasteiger partial charge in [-0.1, -0.05) is 11.3 Å². The predicted octanol–water partition coefficient (Wildman–Crippen LogP) is 1.98. The van der Waals surface area contributed by atoms with Gasteiger partial charge < -0.3 is 10.2 Å². The zero-order chi connectivity index (χ0) is 17.2. The number of nitrogens with zero attached hydrogens (tertiary/aromatic N) is 6. The molecule has 1 aliphatic rings. The van der Waals surface area contributed by atoms with Gasteiger partial charge in [-0.2, -0.15) is 5.10 Å². The van der Waals surface area contributed by atoms with E-state index in [2.05, 4.69) is 25.4 Å². The minimum atomic E-state index is -0.0562. The van der Waals surface area contributed by atoms with Crippen LogP contribution in [0.15, 0.2) is 24.8 Å². The lowest BCUT2D eigenvalue weighted by atomic mass is 9.95. The van der Waals surface area contributed by atoms with E-state index in [0.717, 1.165) is 40.7 Å². The molecular weight excluding hydrogens is 338 g/mol. The number of hydrogen-bond acceptors (Lipinski definition) is 6. The Morgan fingerprint density at radius 1 is 1.48 bits per heavy atom. The van der Waals surface area contributed by atoms with E-state index >= 15 is 0 Å². The summed E-state index contributed by atoms with van der Waals surface area (Å²) in [5.74, 6) is 0.271. The normalized spacial score (nSPS) is 17.8. The first kappa shape index (κ1) is 15.9. The minimum absolute atomic E-state index is 0.0562. The number of carbonyl (C=O) groups is 1. The number of hydrogen-bond donors (Lipinski definition) is 1. The molecule has 3 aromatic rings. The molecule has 8 nitrogen and oxygen atoms in total. The standard InChI is InChI=1S/C16H19N7OS/c1-11-21-23-9-13(20-16(23)25-11)7-18-15(24)22-6-2-3-12(8-22)14-4-5-17-10-19-14/h4-5,9-10,12H,2-3,6-8H2,1H3,(H,18,24)/t12-/m0/s1. The van der Waals surface area contributed by atoms with Gasteiger partial charge in [-0.15, -0.1) is 0 Å². The summed E-state index contributed by atoms with van der Waals surface area (Å²) < 4.78 is 1.76. The third kappa shape index (κ3) is 3.46. The van der Waals surface area contributed by atoms with Gasteiger partial charge in [-0.05, 0) is 25.8 Å². The van der Waals surface area contributed by atoms with Crippen LogP contribution in [-0.2, 0) is 6.54 Å². The second-order valence-electron chi connectivity index (χ2n) is 6.16. The van der Waals surface area contributed by atoms with Crippen molar-refractivity contribution in [1.82, 2.24) is 34.8 Å². The van der Waals surface area contributed by atoms with Crippen LogP contribution in [0.1, 0.15) is 35.2 Å². The highest BCUT2D eigenvalue weighted by atomic mass is 32.1. The van der Waals surface area contributed by atoms with Gasteiger partial charge in [-0.25, -0.2) is 24.3 Å². The smallest absolute Gasteiger partial charge is 0.317 e. The fourth-order valence-corrected chi connectivity index (χ4v) is 3.90. The SMILES string of the molecule is Cc1nn2cc(CNC(=O)N3CCC[C@H](c4ccncn4)C3)nc2s1. The molecule has 1 N–H and O–H groups in total. The van der Waals surface area contributed by atoms with Crippen LogP contribution in [-0.4, -0.2) is 48.6 Å². The van der Waals surface area contributed by atoms with E-state index < -0.39 is 0 Å². The van der Waals surface area contributed by atoms with Crippen LogP contribution >= 0.6 is 11.3 Å². The fourth-order valence-electron chi connectivity index (χ4n) is 3.15. The molecule has 1 atom stereocenters. The first-order valence-corrected chi connectivity index (χ1v) is 9.11. The zero-order valence-corrected chi connectivity index (χ0v) is 14.7. The van der Waals surface area contributed by atoms with E-state index in [9.17, 15) is 4.79 Å². The Hall–Kier alpha value is -2.55. The van der Waals surface area contributed by atoms with E-state index in [1.165, 1.54) is 11.3 Å². The van der Waals surface area contributed by atoms with Crippen molar-refractivity contribution in [3.8, 4) is 0 Å². The molecule has 1 fully saturated rings. The average Bonchev–Trinajstić information content (AvgIpc) is 3.17. The maximum atomic E-state index is 12.5. The second-order valence-corrected chi connectivity index (χ2v) is 7.32. The number of amides is 2. The van der Waals surface area contributed by atoms with Gasteiger partial charge in [0.2, 0.25) is 4.96 Å². The van der Waals surface area contributed by atoms with Crippen LogP contribution in [0.2, 0.25) is 0 Å². The number of likely N-dealkylation sites (tertiary alicyclic amines) is 1. The Labute approximate surface area is 148 Å². The molecule has 0 saturated carbocycles. The topological polar surface area (TPSA) is 88.3 Å². The van der Waals surface area contributed by atoms with Crippen LogP contribution in [0.25, 0.3) is 4.96 Å². The third-order valence-electron chi connectivity index (χ3n) is 4.35. The summed E-state index contributed by atoms with van der Waals surface area (Å²) in [6, 6.07) is 1.87. The summed E-state index contributed by atoms with van der Waals surface area (Å²) in [4.78, 5) is 28.0. The van der Waals surface area contributed by atoms with Gasteiger partial charge in [0.05, 0.1) is 18.4 Å². The Morgan fingerprint density at radius 3 is 3.20 bits per heavy atom. The second kappa shape index (κ2) is 6.75. The number of nitrogens with one attached hydrogen (secondary N) is 1. The van der Waals surface area contributed by atoms with Crippen LogP contribution in [0.5, 0.6) is 0 Å². The highest BCUT2D eigenvalue weighted by Crippen LogP contribution is 2.25. The summed E-state index contributed by atoms with van der Waals surface area (Å²) in [5.41, 5.74) is 1.82. The molecule has 0 aliphatic carbocycles. The molecule has 4 rings (SSSR count). The molecule has 130 valence electrons. The molecular formula is C16H19N7OS. The number of rotatable bonds is 3. The molecule has 9 heteroatoms. The van der Waals surface area contributed by atoms with Gasteiger partial charge in [0, 0.05) is 30.9 Å². The van der Waals surface area contributed by atoms with Crippen LogP contribution in [0, 0.1) is 6.92 Å². The van der Waals surface area contributed by atoms with Crippen molar-refractivity contribution in [3.63, 3.8) is 0 Å². The van der Waals surface area contributed by atoms with Gasteiger partial charge in [0.1, 0.15) is 11.3 Å². The lowest BCUT2D eigenvalue weighted by Gasteiger charge is -2.32. The molecule has 0 radical (unpaired) electrons. The third-order valence-corrected chi connectivity index (χ3v) is 5.18. The molecule has 0 spiro atoms. The van der Waals surface area contributed by atoms with Crippen molar-refractivity contribution in [3.05, 3.63) is 41.2 Å². The lowest BCUT2D eigenvalue weighted by molar-refractivity contribution is 0.178. The highest BCUT2D eigenvalue weighted by Gasteiger charge is 2.25. The van der Waals surface area contributed by atoms with Crippen LogP contribution in [0.3, 0.4) is 0 Å². The van der Waals surface area contributed by atoms with Gasteiger partial charge >= 0.3 is 6.03 Å². The number of fused-ring (bicyclic) bond motifs is 1. The number of piperidine rings is 1. The number of aromatic nitrogens is 5. The number of urea groups is 1. The van der Waals surface area contributed by atoms with E-state index in [4.69, 9.17) is 0 Å². The van der Waals surface area contributed by atoms with Crippen molar-refractivity contribution in [2.75, 3.05) is 13.1 Å². The van der Waals surface area contributed by atoms with Crippen molar-refractivity contribution in [2.24, 2.45) is 0 Å². The van der Waals surface area contributed by atoms with E-state index in [1.807, 2.05) is 24.1 Å². The molecule has 0 bridgehead atoms. The average molecular weight is 357 g/mol. The largest absolute Gasteiger partial charge is 0.332 e. The molecule has 0 aromatic carbocycles. The van der Waals surface area contributed by atoms with Gasteiger partial charge in [-0.3, -0.25) is 0 Å². The summed E-state index contributed by atoms with van der Waals surface area (Å²) in [7, 11) is 0. The monoisotopic (exact) mass is 357 g/mol. The maximum absolute atomic E-state index is 12.5. The predicted molar refractivity (Wildman–Crippen MR) is 93.4 cm³/mol. The van der Waals surface area contributed by atoms with Crippen molar-refractivity contribution >= 4 is 22.3 Å². The lowest BCUT2D eigenvalue weighted by Crippen LogP contribution is -2.44. The molecule has 2 amide bonds. The number of imidazole rings is 1. The van der Waals surface area contributed by atoms with Crippen LogP contribution < -0.4 is 5.32 Å². The summed E-state index contributed by atoms with van der Waals surface area (Å²) >= 11 is 1.54.